The highest BCUT2D eigenvalue weighted by molar-refractivity contribution is 6.30. The average molecular weight is 316 g/mol. The molecule has 3 rings (SSSR count). The van der Waals surface area contributed by atoms with E-state index >= 15 is 0 Å². The summed E-state index contributed by atoms with van der Waals surface area (Å²) in [5.41, 5.74) is 4.04. The van der Waals surface area contributed by atoms with Crippen LogP contribution in [0.2, 0.25) is 5.02 Å². The van der Waals surface area contributed by atoms with Crippen molar-refractivity contribution >= 4 is 17.2 Å². The molecule has 1 aromatic carbocycles. The molecule has 5 heteroatoms. The Balaban J connectivity index is 2.32. The number of halogens is 1. The van der Waals surface area contributed by atoms with Crippen molar-refractivity contribution in [1.29, 1.82) is 0 Å². The van der Waals surface area contributed by atoms with Crippen LogP contribution in [0.5, 0.6) is 5.88 Å². The molecule has 0 radical (unpaired) electrons. The lowest BCUT2D eigenvalue weighted by Gasteiger charge is -2.18. The summed E-state index contributed by atoms with van der Waals surface area (Å²) in [7, 11) is 0. The van der Waals surface area contributed by atoms with Crippen molar-refractivity contribution < 1.29 is 5.11 Å². The maximum absolute atomic E-state index is 10.3. The number of aryl methyl sites for hydroxylation is 1. The largest absolute Gasteiger partial charge is 0.493 e. The Kier molecular flexibility index (Phi) is 3.37. The monoisotopic (exact) mass is 315 g/mol. The van der Waals surface area contributed by atoms with E-state index in [0.717, 1.165) is 22.5 Å². The molecule has 3 aromatic rings. The van der Waals surface area contributed by atoms with Crippen molar-refractivity contribution in [2.45, 2.75) is 33.1 Å². The summed E-state index contributed by atoms with van der Waals surface area (Å²) < 4.78 is 1.48. The Morgan fingerprint density at radius 1 is 1.14 bits per heavy atom. The number of hydrogen-bond acceptors (Lipinski definition) is 3. The van der Waals surface area contributed by atoms with Crippen LogP contribution in [-0.2, 0) is 5.41 Å². The summed E-state index contributed by atoms with van der Waals surface area (Å²) in [4.78, 5) is 4.73. The van der Waals surface area contributed by atoms with Gasteiger partial charge in [-0.2, -0.15) is 9.61 Å². The number of nitrogens with zero attached hydrogens (tertiary/aromatic N) is 3. The first-order chi connectivity index (χ1) is 10.3. The average Bonchev–Trinajstić information content (AvgIpc) is 2.76. The Morgan fingerprint density at radius 2 is 1.77 bits per heavy atom. The molecule has 0 atom stereocenters. The molecular weight excluding hydrogens is 298 g/mol. The summed E-state index contributed by atoms with van der Waals surface area (Å²) in [5, 5.41) is 15.4. The Morgan fingerprint density at radius 3 is 2.36 bits per heavy atom. The van der Waals surface area contributed by atoms with Crippen LogP contribution in [0.4, 0.5) is 0 Å². The third kappa shape index (κ3) is 2.44. The molecule has 22 heavy (non-hydrogen) atoms. The number of rotatable bonds is 1. The summed E-state index contributed by atoms with van der Waals surface area (Å²) >= 11 is 5.96. The van der Waals surface area contributed by atoms with E-state index in [1.165, 1.54) is 4.52 Å². The van der Waals surface area contributed by atoms with Crippen LogP contribution in [0.25, 0.3) is 16.8 Å². The first-order valence-electron chi connectivity index (χ1n) is 7.13. The highest BCUT2D eigenvalue weighted by atomic mass is 35.5. The summed E-state index contributed by atoms with van der Waals surface area (Å²) in [6, 6.07) is 9.23. The van der Waals surface area contributed by atoms with E-state index in [9.17, 15) is 5.11 Å². The maximum atomic E-state index is 10.3. The molecule has 0 saturated carbocycles. The molecule has 0 bridgehead atoms. The molecule has 4 nitrogen and oxygen atoms in total. The van der Waals surface area contributed by atoms with Crippen LogP contribution < -0.4 is 0 Å². The number of benzene rings is 1. The summed E-state index contributed by atoms with van der Waals surface area (Å²) in [6.07, 6.45) is 0. The number of fused-ring (bicyclic) bond motifs is 1. The third-order valence-electron chi connectivity index (χ3n) is 3.65. The minimum Gasteiger partial charge on any atom is -0.493 e. The maximum Gasteiger partial charge on any atom is 0.215 e. The van der Waals surface area contributed by atoms with Gasteiger partial charge in [-0.1, -0.05) is 44.5 Å². The van der Waals surface area contributed by atoms with Gasteiger partial charge in [0.25, 0.3) is 0 Å². The van der Waals surface area contributed by atoms with Gasteiger partial charge in [0.2, 0.25) is 5.88 Å². The zero-order chi connectivity index (χ0) is 16.1. The Labute approximate surface area is 134 Å². The van der Waals surface area contributed by atoms with Gasteiger partial charge in [-0.25, -0.2) is 4.98 Å². The van der Waals surface area contributed by atoms with Crippen molar-refractivity contribution in [2.24, 2.45) is 0 Å². The fourth-order valence-corrected chi connectivity index (χ4v) is 2.57. The predicted octanol–water partition coefficient (Wildman–Crippen LogP) is 4.36. The van der Waals surface area contributed by atoms with Gasteiger partial charge in [0.05, 0.1) is 11.4 Å². The zero-order valence-electron chi connectivity index (χ0n) is 13.1. The Hall–Kier alpha value is -2.07. The molecular formula is C17H18ClN3O. The molecule has 0 amide bonds. The van der Waals surface area contributed by atoms with Crippen LogP contribution in [0.3, 0.4) is 0 Å². The molecule has 0 aliphatic carbocycles. The molecule has 114 valence electrons. The smallest absolute Gasteiger partial charge is 0.215 e. The van der Waals surface area contributed by atoms with Crippen molar-refractivity contribution in [3.63, 3.8) is 0 Å². The second kappa shape index (κ2) is 4.99. The van der Waals surface area contributed by atoms with Gasteiger partial charge in [0.1, 0.15) is 0 Å². The minimum atomic E-state index is -0.158. The fourth-order valence-electron chi connectivity index (χ4n) is 2.45. The number of aromatic hydroxyl groups is 1. The third-order valence-corrected chi connectivity index (χ3v) is 3.90. The second-order valence-corrected chi connectivity index (χ2v) is 6.89. The zero-order valence-corrected chi connectivity index (χ0v) is 13.8. The molecule has 2 heterocycles. The molecule has 0 saturated heterocycles. The van der Waals surface area contributed by atoms with Crippen molar-refractivity contribution in [2.75, 3.05) is 0 Å². The van der Waals surface area contributed by atoms with Crippen LogP contribution >= 0.6 is 11.6 Å². The normalized spacial score (nSPS) is 12.0. The van der Waals surface area contributed by atoms with Crippen LogP contribution in [0.15, 0.2) is 30.3 Å². The SMILES string of the molecule is Cc1nn2c(O)cc(C(C)(C)C)nc2c1-c1ccc(Cl)cc1. The quantitative estimate of drug-likeness (QED) is 0.726. The first kappa shape index (κ1) is 14.9. The lowest BCUT2D eigenvalue weighted by molar-refractivity contribution is 0.429. The highest BCUT2D eigenvalue weighted by Gasteiger charge is 2.21. The lowest BCUT2D eigenvalue weighted by atomic mass is 9.92. The number of hydrogen-bond donors (Lipinski definition) is 1. The van der Waals surface area contributed by atoms with Crippen LogP contribution in [0, 0.1) is 6.92 Å². The van der Waals surface area contributed by atoms with E-state index in [1.807, 2.05) is 31.2 Å². The lowest BCUT2D eigenvalue weighted by Crippen LogP contribution is -2.14. The van der Waals surface area contributed by atoms with Crippen molar-refractivity contribution in [3.8, 4) is 17.0 Å². The van der Waals surface area contributed by atoms with Gasteiger partial charge in [0.15, 0.2) is 5.65 Å². The van der Waals surface area contributed by atoms with Gasteiger partial charge < -0.3 is 5.11 Å². The van der Waals surface area contributed by atoms with Gasteiger partial charge in [-0.15, -0.1) is 0 Å². The molecule has 0 fully saturated rings. The van der Waals surface area contributed by atoms with Gasteiger partial charge in [0, 0.05) is 22.1 Å². The van der Waals surface area contributed by atoms with E-state index in [2.05, 4.69) is 25.9 Å². The molecule has 0 aliphatic rings. The van der Waals surface area contributed by atoms with Crippen LogP contribution in [0.1, 0.15) is 32.2 Å². The standard InChI is InChI=1S/C17H18ClN3O/c1-10-15(11-5-7-12(18)8-6-11)16-19-13(17(2,3)4)9-14(22)21(16)20-10/h5-9,22H,1-4H3. The first-order valence-corrected chi connectivity index (χ1v) is 7.51. The van der Waals surface area contributed by atoms with Crippen molar-refractivity contribution in [3.05, 3.63) is 46.7 Å². The van der Waals surface area contributed by atoms with E-state index in [-0.39, 0.29) is 11.3 Å². The van der Waals surface area contributed by atoms with E-state index in [0.29, 0.717) is 10.7 Å². The Bertz CT molecular complexity index is 845. The summed E-state index contributed by atoms with van der Waals surface area (Å²) in [6.45, 7) is 8.11. The fraction of sp³-hybridized carbons (Fsp3) is 0.294. The molecule has 0 aliphatic heterocycles. The minimum absolute atomic E-state index is 0.0956. The molecule has 1 N–H and O–H groups in total. The van der Waals surface area contributed by atoms with E-state index in [4.69, 9.17) is 16.6 Å². The van der Waals surface area contributed by atoms with Crippen LogP contribution in [-0.4, -0.2) is 19.7 Å². The van der Waals surface area contributed by atoms with Gasteiger partial charge in [-0.3, -0.25) is 0 Å². The van der Waals surface area contributed by atoms with Gasteiger partial charge in [-0.05, 0) is 24.6 Å². The van der Waals surface area contributed by atoms with Crippen molar-refractivity contribution in [1.82, 2.24) is 14.6 Å². The molecule has 0 spiro atoms. The topological polar surface area (TPSA) is 50.4 Å². The predicted molar refractivity (Wildman–Crippen MR) is 88.5 cm³/mol. The molecule has 0 unspecified atom stereocenters. The second-order valence-electron chi connectivity index (χ2n) is 6.45. The summed E-state index contributed by atoms with van der Waals surface area (Å²) in [5.74, 6) is 0.0956. The van der Waals surface area contributed by atoms with E-state index in [1.54, 1.807) is 6.07 Å². The highest BCUT2D eigenvalue weighted by Crippen LogP contribution is 2.32. The van der Waals surface area contributed by atoms with Gasteiger partial charge >= 0.3 is 0 Å². The molecule has 2 aromatic heterocycles. The number of aromatic nitrogens is 3. The van der Waals surface area contributed by atoms with E-state index < -0.39 is 0 Å².